The molecule has 0 aromatic rings. The van der Waals surface area contributed by atoms with E-state index in [9.17, 15) is 4.79 Å². The predicted octanol–water partition coefficient (Wildman–Crippen LogP) is 1.94. The van der Waals surface area contributed by atoms with E-state index in [4.69, 9.17) is 0 Å². The Labute approximate surface area is 104 Å². The fraction of sp³-hybridized carbons (Fsp3) is 0.786. The zero-order valence-electron chi connectivity index (χ0n) is 10.7. The molecule has 1 aliphatic carbocycles. The topological polar surface area (TPSA) is 32.3 Å². The summed E-state index contributed by atoms with van der Waals surface area (Å²) in [5.41, 5.74) is 0. The lowest BCUT2D eigenvalue weighted by Crippen LogP contribution is -2.30. The molecular weight excluding hydrogens is 212 g/mol. The van der Waals surface area contributed by atoms with Crippen molar-refractivity contribution < 1.29 is 4.79 Å². The molecule has 2 aliphatic rings. The lowest BCUT2D eigenvalue weighted by molar-refractivity contribution is -0.127. The van der Waals surface area contributed by atoms with Crippen LogP contribution in [0.25, 0.3) is 0 Å². The third-order valence-electron chi connectivity index (χ3n) is 3.76. The number of rotatable bonds is 6. The number of nitrogens with one attached hydrogen (secondary N) is 1. The van der Waals surface area contributed by atoms with Crippen LogP contribution in [0.15, 0.2) is 12.2 Å². The molecule has 1 fully saturated rings. The van der Waals surface area contributed by atoms with Gasteiger partial charge in [0.25, 0.3) is 0 Å². The van der Waals surface area contributed by atoms with Gasteiger partial charge in [-0.25, -0.2) is 0 Å². The summed E-state index contributed by atoms with van der Waals surface area (Å²) in [6.45, 7) is 4.10. The summed E-state index contributed by atoms with van der Waals surface area (Å²) in [6, 6.07) is 0. The Morgan fingerprint density at radius 1 is 1.41 bits per heavy atom. The highest BCUT2D eigenvalue weighted by Gasteiger charge is 2.18. The van der Waals surface area contributed by atoms with Gasteiger partial charge in [0.15, 0.2) is 0 Å². The third kappa shape index (κ3) is 4.15. The lowest BCUT2D eigenvalue weighted by Gasteiger charge is -2.19. The van der Waals surface area contributed by atoms with Crippen LogP contribution in [0, 0.1) is 5.92 Å². The zero-order valence-corrected chi connectivity index (χ0v) is 10.7. The summed E-state index contributed by atoms with van der Waals surface area (Å²) in [4.78, 5) is 13.4. The van der Waals surface area contributed by atoms with Gasteiger partial charge in [0.2, 0.25) is 5.91 Å². The molecular formula is C14H24N2O. The molecule has 96 valence electrons. The van der Waals surface area contributed by atoms with Crippen LogP contribution in [-0.4, -0.2) is 37.0 Å². The van der Waals surface area contributed by atoms with Gasteiger partial charge in [-0.1, -0.05) is 12.2 Å². The van der Waals surface area contributed by atoms with Crippen LogP contribution in [0.4, 0.5) is 0 Å². The van der Waals surface area contributed by atoms with E-state index in [0.717, 1.165) is 51.4 Å². The molecule has 1 saturated heterocycles. The highest BCUT2D eigenvalue weighted by molar-refractivity contribution is 5.77. The lowest BCUT2D eigenvalue weighted by atomic mass is 9.94. The monoisotopic (exact) mass is 236 g/mol. The Morgan fingerprint density at radius 2 is 2.35 bits per heavy atom. The second-order valence-electron chi connectivity index (χ2n) is 5.19. The SMILES string of the molecule is O=C1CCCN1CCCNCC1CC=CCC1. The fourth-order valence-corrected chi connectivity index (χ4v) is 2.68. The van der Waals surface area contributed by atoms with Crippen molar-refractivity contribution in [1.29, 1.82) is 0 Å². The standard InChI is InChI=1S/C14H24N2O/c17-14-8-4-10-16(14)11-5-9-15-12-13-6-2-1-3-7-13/h1-2,13,15H,3-12H2. The Balaban J connectivity index is 1.48. The van der Waals surface area contributed by atoms with Gasteiger partial charge >= 0.3 is 0 Å². The number of hydrogen-bond donors (Lipinski definition) is 1. The third-order valence-corrected chi connectivity index (χ3v) is 3.76. The molecule has 1 N–H and O–H groups in total. The summed E-state index contributed by atoms with van der Waals surface area (Å²) in [6.07, 6.45) is 11.3. The van der Waals surface area contributed by atoms with Crippen molar-refractivity contribution >= 4 is 5.91 Å². The van der Waals surface area contributed by atoms with E-state index >= 15 is 0 Å². The molecule has 0 aromatic carbocycles. The van der Waals surface area contributed by atoms with Crippen LogP contribution in [-0.2, 0) is 4.79 Å². The van der Waals surface area contributed by atoms with Crippen LogP contribution in [0.2, 0.25) is 0 Å². The molecule has 0 bridgehead atoms. The Morgan fingerprint density at radius 3 is 3.06 bits per heavy atom. The van der Waals surface area contributed by atoms with Crippen molar-refractivity contribution in [2.24, 2.45) is 5.92 Å². The van der Waals surface area contributed by atoms with E-state index in [0.29, 0.717) is 5.91 Å². The Bertz CT molecular complexity index is 275. The molecule has 17 heavy (non-hydrogen) atoms. The van der Waals surface area contributed by atoms with Crippen molar-refractivity contribution in [2.75, 3.05) is 26.2 Å². The van der Waals surface area contributed by atoms with Gasteiger partial charge in [0.1, 0.15) is 0 Å². The average molecular weight is 236 g/mol. The van der Waals surface area contributed by atoms with E-state index in [-0.39, 0.29) is 0 Å². The van der Waals surface area contributed by atoms with Gasteiger partial charge < -0.3 is 10.2 Å². The quantitative estimate of drug-likeness (QED) is 0.564. The minimum atomic E-state index is 0.349. The number of hydrogen-bond acceptors (Lipinski definition) is 2. The first-order chi connectivity index (χ1) is 8.36. The number of carbonyl (C=O) groups is 1. The number of carbonyl (C=O) groups excluding carboxylic acids is 1. The van der Waals surface area contributed by atoms with Gasteiger partial charge in [0, 0.05) is 19.5 Å². The molecule has 0 radical (unpaired) electrons. The smallest absolute Gasteiger partial charge is 0.222 e. The van der Waals surface area contributed by atoms with E-state index in [1.54, 1.807) is 0 Å². The van der Waals surface area contributed by atoms with Gasteiger partial charge in [-0.3, -0.25) is 4.79 Å². The van der Waals surface area contributed by atoms with E-state index in [1.165, 1.54) is 19.3 Å². The normalized spacial score (nSPS) is 24.6. The first-order valence-corrected chi connectivity index (χ1v) is 7.00. The summed E-state index contributed by atoms with van der Waals surface area (Å²) < 4.78 is 0. The number of nitrogens with zero attached hydrogens (tertiary/aromatic N) is 1. The maximum Gasteiger partial charge on any atom is 0.222 e. The van der Waals surface area contributed by atoms with Gasteiger partial charge in [0.05, 0.1) is 0 Å². The molecule has 1 amide bonds. The summed E-state index contributed by atoms with van der Waals surface area (Å²) >= 11 is 0. The second-order valence-corrected chi connectivity index (χ2v) is 5.19. The molecule has 1 heterocycles. The second kappa shape index (κ2) is 6.80. The van der Waals surface area contributed by atoms with Crippen LogP contribution in [0.3, 0.4) is 0 Å². The number of allylic oxidation sites excluding steroid dienone is 2. The maximum atomic E-state index is 11.4. The summed E-state index contributed by atoms with van der Waals surface area (Å²) in [5.74, 6) is 1.18. The number of likely N-dealkylation sites (tertiary alicyclic amines) is 1. The average Bonchev–Trinajstić information content (AvgIpc) is 2.76. The number of amides is 1. The molecule has 2 rings (SSSR count). The van der Waals surface area contributed by atoms with Gasteiger partial charge in [-0.15, -0.1) is 0 Å². The predicted molar refractivity (Wildman–Crippen MR) is 69.8 cm³/mol. The maximum absolute atomic E-state index is 11.4. The first kappa shape index (κ1) is 12.6. The van der Waals surface area contributed by atoms with Crippen molar-refractivity contribution in [2.45, 2.75) is 38.5 Å². The minimum Gasteiger partial charge on any atom is -0.343 e. The fourth-order valence-electron chi connectivity index (χ4n) is 2.68. The van der Waals surface area contributed by atoms with Crippen LogP contribution in [0.1, 0.15) is 38.5 Å². The van der Waals surface area contributed by atoms with E-state index in [2.05, 4.69) is 17.5 Å². The van der Waals surface area contributed by atoms with Crippen molar-refractivity contribution in [3.8, 4) is 0 Å². The Hall–Kier alpha value is -0.830. The zero-order chi connectivity index (χ0) is 11.9. The van der Waals surface area contributed by atoms with Gasteiger partial charge in [-0.2, -0.15) is 0 Å². The molecule has 0 saturated carbocycles. The molecule has 1 atom stereocenters. The van der Waals surface area contributed by atoms with Crippen molar-refractivity contribution in [3.05, 3.63) is 12.2 Å². The summed E-state index contributed by atoms with van der Waals surface area (Å²) in [7, 11) is 0. The highest BCUT2D eigenvalue weighted by atomic mass is 16.2. The van der Waals surface area contributed by atoms with E-state index < -0.39 is 0 Å². The molecule has 0 spiro atoms. The molecule has 3 nitrogen and oxygen atoms in total. The van der Waals surface area contributed by atoms with Crippen LogP contribution < -0.4 is 5.32 Å². The molecule has 3 heteroatoms. The molecule has 1 unspecified atom stereocenters. The molecule has 0 aromatic heterocycles. The first-order valence-electron chi connectivity index (χ1n) is 7.00. The highest BCUT2D eigenvalue weighted by Crippen LogP contribution is 2.16. The van der Waals surface area contributed by atoms with Crippen molar-refractivity contribution in [3.63, 3.8) is 0 Å². The van der Waals surface area contributed by atoms with Crippen molar-refractivity contribution in [1.82, 2.24) is 10.2 Å². The van der Waals surface area contributed by atoms with Crippen LogP contribution >= 0.6 is 0 Å². The van der Waals surface area contributed by atoms with Crippen LogP contribution in [0.5, 0.6) is 0 Å². The van der Waals surface area contributed by atoms with E-state index in [1.807, 2.05) is 4.90 Å². The minimum absolute atomic E-state index is 0.349. The summed E-state index contributed by atoms with van der Waals surface area (Å²) in [5, 5.41) is 3.52. The van der Waals surface area contributed by atoms with Gasteiger partial charge in [-0.05, 0) is 51.1 Å². The largest absolute Gasteiger partial charge is 0.343 e. The Kier molecular flexibility index (Phi) is 5.05. The molecule has 1 aliphatic heterocycles.